The molecule has 0 saturated carbocycles. The zero-order valence-corrected chi connectivity index (χ0v) is 19.6. The number of nitrogens with one attached hydrogen (secondary N) is 1. The van der Waals surface area contributed by atoms with Crippen LogP contribution in [-0.2, 0) is 9.53 Å². The molecule has 1 saturated heterocycles. The fourth-order valence-electron chi connectivity index (χ4n) is 3.69. The zero-order valence-electron chi connectivity index (χ0n) is 19.6. The number of hydrogen-bond acceptors (Lipinski definition) is 3. The van der Waals surface area contributed by atoms with Crippen molar-refractivity contribution in [1.82, 2.24) is 4.90 Å². The van der Waals surface area contributed by atoms with Crippen LogP contribution in [0.1, 0.15) is 70.1 Å². The maximum atomic E-state index is 12.8. The van der Waals surface area contributed by atoms with E-state index < -0.39 is 17.7 Å². The van der Waals surface area contributed by atoms with Crippen LogP contribution in [0.2, 0.25) is 0 Å². The number of amides is 2. The lowest BCUT2D eigenvalue weighted by atomic mass is 9.97. The van der Waals surface area contributed by atoms with E-state index in [1.807, 2.05) is 63.2 Å². The summed E-state index contributed by atoms with van der Waals surface area (Å²) in [6.45, 7) is 10.3. The quantitative estimate of drug-likeness (QED) is 0.647. The van der Waals surface area contributed by atoms with E-state index in [1.165, 1.54) is 10.5 Å². The standard InChI is InChI=1S/C27H32N2O3/c1-19(2)23-10-7-6-9-21(23)15-12-20-13-16-22(17-14-20)28-25(30)24-11-8-18-29(24)26(31)32-27(3,4)5/h6-7,9-10,13-14,16-17,19,24H,8,11,18H2,1-5H3,(H,28,30)/t24-/m1/s1. The topological polar surface area (TPSA) is 58.6 Å². The van der Waals surface area contributed by atoms with Gasteiger partial charge in [-0.25, -0.2) is 4.79 Å². The first kappa shape index (κ1) is 23.4. The Hall–Kier alpha value is -3.26. The maximum Gasteiger partial charge on any atom is 0.410 e. The van der Waals surface area contributed by atoms with Gasteiger partial charge in [0.05, 0.1) is 0 Å². The minimum Gasteiger partial charge on any atom is -0.444 e. The van der Waals surface area contributed by atoms with Crippen molar-refractivity contribution >= 4 is 17.7 Å². The minimum atomic E-state index is -0.590. The molecule has 1 N–H and O–H groups in total. The normalized spacial score (nSPS) is 15.8. The summed E-state index contributed by atoms with van der Waals surface area (Å²) in [4.78, 5) is 26.8. The molecule has 2 aromatic carbocycles. The van der Waals surface area contributed by atoms with Gasteiger partial charge in [-0.05, 0) is 75.4 Å². The van der Waals surface area contributed by atoms with E-state index in [0.717, 1.165) is 17.5 Å². The molecular formula is C27H32N2O3. The Labute approximate surface area is 191 Å². The molecule has 2 amide bonds. The molecule has 1 aliphatic heterocycles. The van der Waals surface area contributed by atoms with Crippen molar-refractivity contribution in [2.24, 2.45) is 0 Å². The second kappa shape index (κ2) is 9.91. The molecule has 5 heteroatoms. The second-order valence-electron chi connectivity index (χ2n) is 9.39. The van der Waals surface area contributed by atoms with E-state index in [9.17, 15) is 9.59 Å². The van der Waals surface area contributed by atoms with E-state index in [4.69, 9.17) is 4.74 Å². The molecule has 168 valence electrons. The number of ether oxygens (including phenoxy) is 1. The molecule has 0 aromatic heterocycles. The molecule has 0 bridgehead atoms. The first-order chi connectivity index (χ1) is 15.1. The van der Waals surface area contributed by atoms with Crippen LogP contribution in [0.3, 0.4) is 0 Å². The van der Waals surface area contributed by atoms with Crippen molar-refractivity contribution in [2.45, 2.75) is 65.0 Å². The van der Waals surface area contributed by atoms with Crippen LogP contribution in [0.15, 0.2) is 48.5 Å². The second-order valence-corrected chi connectivity index (χ2v) is 9.39. The lowest BCUT2D eigenvalue weighted by Gasteiger charge is -2.28. The Morgan fingerprint density at radius 3 is 2.41 bits per heavy atom. The highest BCUT2D eigenvalue weighted by Gasteiger charge is 2.36. The number of likely N-dealkylation sites (tertiary alicyclic amines) is 1. The average Bonchev–Trinajstić information content (AvgIpc) is 3.22. The van der Waals surface area contributed by atoms with Crippen LogP contribution in [0.4, 0.5) is 10.5 Å². The molecule has 0 spiro atoms. The molecule has 1 atom stereocenters. The zero-order chi connectivity index (χ0) is 23.3. The third-order valence-corrected chi connectivity index (χ3v) is 5.26. The van der Waals surface area contributed by atoms with Gasteiger partial charge in [0.25, 0.3) is 0 Å². The Kier molecular flexibility index (Phi) is 7.25. The van der Waals surface area contributed by atoms with Crippen LogP contribution in [0, 0.1) is 11.8 Å². The summed E-state index contributed by atoms with van der Waals surface area (Å²) >= 11 is 0. The number of nitrogens with zero attached hydrogens (tertiary/aromatic N) is 1. The molecular weight excluding hydrogens is 400 g/mol. The van der Waals surface area contributed by atoms with Gasteiger partial charge in [-0.15, -0.1) is 0 Å². The molecule has 1 aliphatic rings. The Balaban J connectivity index is 1.65. The molecule has 3 rings (SSSR count). The molecule has 0 aliphatic carbocycles. The van der Waals surface area contributed by atoms with E-state index in [1.54, 1.807) is 0 Å². The number of carbonyl (C=O) groups excluding carboxylic acids is 2. The van der Waals surface area contributed by atoms with Crippen molar-refractivity contribution in [3.63, 3.8) is 0 Å². The Bertz CT molecular complexity index is 1020. The summed E-state index contributed by atoms with van der Waals surface area (Å²) in [5.41, 5.74) is 3.23. The van der Waals surface area contributed by atoms with Crippen LogP contribution >= 0.6 is 0 Å². The average molecular weight is 433 g/mol. The van der Waals surface area contributed by atoms with Crippen molar-refractivity contribution in [3.8, 4) is 11.8 Å². The van der Waals surface area contributed by atoms with Gasteiger partial charge >= 0.3 is 6.09 Å². The minimum absolute atomic E-state index is 0.196. The van der Waals surface area contributed by atoms with E-state index in [2.05, 4.69) is 37.1 Å². The number of rotatable bonds is 3. The van der Waals surface area contributed by atoms with Crippen molar-refractivity contribution in [2.75, 3.05) is 11.9 Å². The number of benzene rings is 2. The Morgan fingerprint density at radius 1 is 1.06 bits per heavy atom. The molecule has 32 heavy (non-hydrogen) atoms. The summed E-state index contributed by atoms with van der Waals surface area (Å²) < 4.78 is 5.45. The predicted molar refractivity (Wildman–Crippen MR) is 128 cm³/mol. The van der Waals surface area contributed by atoms with Gasteiger partial charge in [0, 0.05) is 23.4 Å². The largest absolute Gasteiger partial charge is 0.444 e. The molecule has 2 aromatic rings. The fourth-order valence-corrected chi connectivity index (χ4v) is 3.69. The number of carbonyl (C=O) groups is 2. The lowest BCUT2D eigenvalue weighted by Crippen LogP contribution is -2.45. The van der Waals surface area contributed by atoms with Gasteiger partial charge in [-0.1, -0.05) is 43.9 Å². The summed E-state index contributed by atoms with van der Waals surface area (Å²) in [5.74, 6) is 6.68. The van der Waals surface area contributed by atoms with Crippen LogP contribution < -0.4 is 5.32 Å². The summed E-state index contributed by atoms with van der Waals surface area (Å²) in [6, 6.07) is 15.1. The molecule has 0 unspecified atom stereocenters. The molecule has 1 heterocycles. The maximum absolute atomic E-state index is 12.8. The highest BCUT2D eigenvalue weighted by atomic mass is 16.6. The smallest absolute Gasteiger partial charge is 0.410 e. The van der Waals surface area contributed by atoms with Gasteiger partial charge in [0.2, 0.25) is 5.91 Å². The summed E-state index contributed by atoms with van der Waals surface area (Å²) in [5, 5.41) is 2.92. The van der Waals surface area contributed by atoms with Crippen molar-refractivity contribution in [3.05, 3.63) is 65.2 Å². The SMILES string of the molecule is CC(C)c1ccccc1C#Cc1ccc(NC(=O)[C@H]2CCCN2C(=O)OC(C)(C)C)cc1. The summed E-state index contributed by atoms with van der Waals surface area (Å²) in [6.07, 6.45) is 0.968. The van der Waals surface area contributed by atoms with Gasteiger partial charge in [-0.3, -0.25) is 9.69 Å². The monoisotopic (exact) mass is 432 g/mol. The summed E-state index contributed by atoms with van der Waals surface area (Å²) in [7, 11) is 0. The van der Waals surface area contributed by atoms with E-state index >= 15 is 0 Å². The lowest BCUT2D eigenvalue weighted by molar-refractivity contribution is -0.120. The van der Waals surface area contributed by atoms with Gasteiger partial charge in [-0.2, -0.15) is 0 Å². The third-order valence-electron chi connectivity index (χ3n) is 5.26. The molecule has 5 nitrogen and oxygen atoms in total. The van der Waals surface area contributed by atoms with Crippen molar-refractivity contribution in [1.29, 1.82) is 0 Å². The predicted octanol–water partition coefficient (Wildman–Crippen LogP) is 5.55. The first-order valence-electron chi connectivity index (χ1n) is 11.2. The van der Waals surface area contributed by atoms with Crippen molar-refractivity contribution < 1.29 is 14.3 Å². The highest BCUT2D eigenvalue weighted by Crippen LogP contribution is 2.23. The van der Waals surface area contributed by atoms with E-state index in [-0.39, 0.29) is 5.91 Å². The van der Waals surface area contributed by atoms with Crippen LogP contribution in [-0.4, -0.2) is 35.1 Å². The number of hydrogen-bond donors (Lipinski definition) is 1. The van der Waals surface area contributed by atoms with Crippen LogP contribution in [0.5, 0.6) is 0 Å². The highest BCUT2D eigenvalue weighted by molar-refractivity contribution is 5.96. The fraction of sp³-hybridized carbons (Fsp3) is 0.407. The number of anilines is 1. The first-order valence-corrected chi connectivity index (χ1v) is 11.2. The van der Waals surface area contributed by atoms with Crippen LogP contribution in [0.25, 0.3) is 0 Å². The van der Waals surface area contributed by atoms with Gasteiger partial charge in [0.15, 0.2) is 0 Å². The Morgan fingerprint density at radius 2 is 1.75 bits per heavy atom. The molecule has 0 radical (unpaired) electrons. The molecule has 1 fully saturated rings. The third kappa shape index (κ3) is 6.13. The van der Waals surface area contributed by atoms with Gasteiger partial charge < -0.3 is 10.1 Å². The van der Waals surface area contributed by atoms with E-state index in [0.29, 0.717) is 24.6 Å². The van der Waals surface area contributed by atoms with Gasteiger partial charge in [0.1, 0.15) is 11.6 Å².